The van der Waals surface area contributed by atoms with Gasteiger partial charge in [0.25, 0.3) is 11.1 Å². The van der Waals surface area contributed by atoms with Gasteiger partial charge in [0.15, 0.2) is 0 Å². The number of nitrogens with zero attached hydrogens (tertiary/aromatic N) is 3. The van der Waals surface area contributed by atoms with E-state index in [2.05, 4.69) is 31.0 Å². The van der Waals surface area contributed by atoms with Crippen molar-refractivity contribution in [2.45, 2.75) is 46.1 Å². The highest BCUT2D eigenvalue weighted by molar-refractivity contribution is 7.80. The van der Waals surface area contributed by atoms with Crippen molar-refractivity contribution in [3.8, 4) is 28.3 Å². The second-order valence-electron chi connectivity index (χ2n) is 13.5. The van der Waals surface area contributed by atoms with Crippen LogP contribution in [-0.4, -0.2) is 38.5 Å². The summed E-state index contributed by atoms with van der Waals surface area (Å²) in [6, 6.07) is 33.3. The van der Waals surface area contributed by atoms with Crippen molar-refractivity contribution in [2.24, 2.45) is 10.8 Å². The monoisotopic (exact) mass is 612 g/mol. The number of hydrogen-bond donors (Lipinski definition) is 1. The third-order valence-corrected chi connectivity index (χ3v) is 9.31. The van der Waals surface area contributed by atoms with E-state index in [0.29, 0.717) is 39.1 Å². The van der Waals surface area contributed by atoms with Crippen LogP contribution in [0.4, 0.5) is 5.69 Å². The predicted molar refractivity (Wildman–Crippen MR) is 184 cm³/mol. The topological polar surface area (TPSA) is 67.3 Å². The Balaban J connectivity index is 1.07. The van der Waals surface area contributed by atoms with Gasteiger partial charge in [-0.3, -0.25) is 4.79 Å². The number of anilines is 1. The van der Waals surface area contributed by atoms with Crippen LogP contribution in [0.25, 0.3) is 33.5 Å². The predicted octanol–water partition coefficient (Wildman–Crippen LogP) is 8.78. The Morgan fingerprint density at radius 1 is 0.822 bits per heavy atom. The third kappa shape index (κ3) is 6.05. The van der Waals surface area contributed by atoms with Gasteiger partial charge in [-0.05, 0) is 84.8 Å². The van der Waals surface area contributed by atoms with Gasteiger partial charge < -0.3 is 15.0 Å². The van der Waals surface area contributed by atoms with E-state index < -0.39 is 0 Å². The van der Waals surface area contributed by atoms with E-state index in [1.807, 2.05) is 78.9 Å². The molecule has 2 aliphatic rings. The van der Waals surface area contributed by atoms with Crippen LogP contribution in [0.2, 0.25) is 0 Å². The quantitative estimate of drug-likeness (QED) is 0.200. The summed E-state index contributed by atoms with van der Waals surface area (Å²) in [6.45, 7) is 7.99. The summed E-state index contributed by atoms with van der Waals surface area (Å²) >= 11 is 5.74. The molecule has 2 bridgehead atoms. The molecular weight excluding hydrogens is 577 g/mol. The highest BCUT2D eigenvalue weighted by atomic mass is 32.1. The lowest BCUT2D eigenvalue weighted by Crippen LogP contribution is -2.39. The van der Waals surface area contributed by atoms with Crippen LogP contribution < -0.4 is 10.1 Å². The van der Waals surface area contributed by atoms with Gasteiger partial charge in [-0.15, -0.1) is 0 Å². The molecule has 0 spiro atoms. The molecule has 226 valence electrons. The highest BCUT2D eigenvalue weighted by Gasteiger charge is 2.50. The zero-order valence-corrected chi connectivity index (χ0v) is 26.6. The standard InChI is InChI=1S/C38H36N4O2S/c1-37(2)21-29-22-38(3,23-37)24-42(29)36(45)44-30-17-14-27(15-18-30)35(43)39-28-16-19-31-32(20-28)41-34(26-12-8-5-9-13-26)33(40-31)25-10-6-4-7-11-25/h4-20,29H,21-24H2,1-3H3,(H,39,43)/t29-,38+/m0/s1. The van der Waals surface area contributed by atoms with E-state index in [1.165, 1.54) is 6.42 Å². The molecule has 1 aliphatic heterocycles. The van der Waals surface area contributed by atoms with Gasteiger partial charge in [0, 0.05) is 35.0 Å². The van der Waals surface area contributed by atoms with E-state index in [0.717, 1.165) is 47.4 Å². The molecule has 1 amide bonds. The second-order valence-corrected chi connectivity index (χ2v) is 13.9. The molecule has 1 saturated heterocycles. The maximum absolute atomic E-state index is 13.2. The average molecular weight is 613 g/mol. The molecule has 1 saturated carbocycles. The van der Waals surface area contributed by atoms with Crippen LogP contribution in [0, 0.1) is 10.8 Å². The molecule has 2 fully saturated rings. The summed E-state index contributed by atoms with van der Waals surface area (Å²) in [5.41, 5.74) is 6.79. The zero-order valence-electron chi connectivity index (χ0n) is 25.8. The molecule has 1 aromatic heterocycles. The number of hydrogen-bond acceptors (Lipinski definition) is 5. The van der Waals surface area contributed by atoms with Crippen LogP contribution in [0.1, 0.15) is 50.4 Å². The number of likely N-dealkylation sites (tertiary alicyclic amines) is 1. The molecule has 7 rings (SSSR count). The summed E-state index contributed by atoms with van der Waals surface area (Å²) in [6.07, 6.45) is 3.47. The third-order valence-electron chi connectivity index (χ3n) is 8.99. The van der Waals surface area contributed by atoms with Gasteiger partial charge in [0.2, 0.25) is 0 Å². The van der Waals surface area contributed by atoms with Crippen LogP contribution in [0.3, 0.4) is 0 Å². The molecule has 1 N–H and O–H groups in total. The minimum atomic E-state index is -0.218. The number of amides is 1. The van der Waals surface area contributed by atoms with Crippen molar-refractivity contribution >= 4 is 40.0 Å². The molecule has 0 radical (unpaired) electrons. The Labute approximate surface area is 269 Å². The van der Waals surface area contributed by atoms with Crippen molar-refractivity contribution in [2.75, 3.05) is 11.9 Å². The molecular formula is C38H36N4O2S. The average Bonchev–Trinajstić information content (AvgIpc) is 3.30. The lowest BCUT2D eigenvalue weighted by atomic mass is 9.65. The molecule has 4 aromatic carbocycles. The Morgan fingerprint density at radius 3 is 2.09 bits per heavy atom. The fourth-order valence-electron chi connectivity index (χ4n) is 7.44. The number of rotatable bonds is 5. The number of carbonyl (C=O) groups is 1. The van der Waals surface area contributed by atoms with E-state index in [1.54, 1.807) is 24.3 Å². The maximum atomic E-state index is 13.2. The second kappa shape index (κ2) is 11.4. The molecule has 2 atom stereocenters. The molecule has 1 aliphatic carbocycles. The fraction of sp³-hybridized carbons (Fsp3) is 0.263. The summed E-state index contributed by atoms with van der Waals surface area (Å²) in [5, 5.41) is 3.53. The zero-order chi connectivity index (χ0) is 31.2. The molecule has 5 aromatic rings. The van der Waals surface area contributed by atoms with Crippen molar-refractivity contribution in [1.82, 2.24) is 14.9 Å². The first kappa shape index (κ1) is 29.1. The Morgan fingerprint density at radius 2 is 1.44 bits per heavy atom. The largest absolute Gasteiger partial charge is 0.432 e. The van der Waals surface area contributed by atoms with Gasteiger partial charge in [0.05, 0.1) is 22.4 Å². The molecule has 6 nitrogen and oxygen atoms in total. The number of thiocarbonyl (C=S) groups is 1. The lowest BCUT2D eigenvalue weighted by molar-refractivity contribution is 0.102. The number of ether oxygens (including phenoxy) is 1. The van der Waals surface area contributed by atoms with Crippen LogP contribution in [0.5, 0.6) is 5.75 Å². The first-order valence-electron chi connectivity index (χ1n) is 15.5. The van der Waals surface area contributed by atoms with Crippen molar-refractivity contribution < 1.29 is 9.53 Å². The molecule has 7 heteroatoms. The normalized spacial score (nSPS) is 20.2. The minimum absolute atomic E-state index is 0.218. The van der Waals surface area contributed by atoms with Crippen molar-refractivity contribution in [3.63, 3.8) is 0 Å². The summed E-state index contributed by atoms with van der Waals surface area (Å²) in [4.78, 5) is 25.5. The highest BCUT2D eigenvalue weighted by Crippen LogP contribution is 2.52. The van der Waals surface area contributed by atoms with E-state index in [-0.39, 0.29) is 11.3 Å². The maximum Gasteiger partial charge on any atom is 0.265 e. The van der Waals surface area contributed by atoms with E-state index >= 15 is 0 Å². The van der Waals surface area contributed by atoms with Gasteiger partial charge in [-0.25, -0.2) is 9.97 Å². The lowest BCUT2D eigenvalue weighted by Gasteiger charge is -2.39. The minimum Gasteiger partial charge on any atom is -0.432 e. The first-order chi connectivity index (χ1) is 21.6. The molecule has 2 heterocycles. The summed E-state index contributed by atoms with van der Waals surface area (Å²) < 4.78 is 6.12. The number of fused-ring (bicyclic) bond motifs is 3. The van der Waals surface area contributed by atoms with Crippen LogP contribution in [-0.2, 0) is 0 Å². The van der Waals surface area contributed by atoms with Gasteiger partial charge in [-0.2, -0.15) is 0 Å². The summed E-state index contributed by atoms with van der Waals surface area (Å²) in [7, 11) is 0. The SMILES string of the molecule is CC1(C)C[C@H]2C[C@@](C)(CN2C(=S)Oc2ccc(C(=O)Nc3ccc4nc(-c5ccccc5)c(-c5ccccc5)nc4c3)cc2)C1. The summed E-state index contributed by atoms with van der Waals surface area (Å²) in [5.74, 6) is 0.412. The Hall–Kier alpha value is -4.62. The number of nitrogens with one attached hydrogen (secondary N) is 1. The number of carbonyl (C=O) groups excluding carboxylic acids is 1. The van der Waals surface area contributed by atoms with Crippen LogP contribution in [0.15, 0.2) is 103 Å². The Bertz CT molecular complexity index is 1890. The van der Waals surface area contributed by atoms with Crippen molar-refractivity contribution in [1.29, 1.82) is 0 Å². The van der Waals surface area contributed by atoms with Crippen molar-refractivity contribution in [3.05, 3.63) is 109 Å². The number of benzene rings is 4. The fourth-order valence-corrected chi connectivity index (χ4v) is 7.75. The van der Waals surface area contributed by atoms with E-state index in [9.17, 15) is 4.79 Å². The smallest absolute Gasteiger partial charge is 0.265 e. The molecule has 0 unspecified atom stereocenters. The van der Waals surface area contributed by atoms with Gasteiger partial charge in [-0.1, -0.05) is 81.4 Å². The van der Waals surface area contributed by atoms with Crippen LogP contribution >= 0.6 is 12.2 Å². The Kier molecular flexibility index (Phi) is 7.37. The molecule has 45 heavy (non-hydrogen) atoms. The number of aromatic nitrogens is 2. The van der Waals surface area contributed by atoms with Gasteiger partial charge >= 0.3 is 0 Å². The van der Waals surface area contributed by atoms with Gasteiger partial charge in [0.1, 0.15) is 5.75 Å². The first-order valence-corrected chi connectivity index (χ1v) is 15.9. The van der Waals surface area contributed by atoms with E-state index in [4.69, 9.17) is 26.9 Å².